The molecular formula is C68H68F12N8O14P2V4-10. The molecule has 4 radical (unpaired) electrons. The van der Waals surface area contributed by atoms with Gasteiger partial charge in [-0.3, -0.25) is 39.9 Å². The fourth-order valence-corrected chi connectivity index (χ4v) is 6.93. The maximum absolute atomic E-state index is 11.5. The molecule has 8 aromatic rings. The summed E-state index contributed by atoms with van der Waals surface area (Å²) in [4.78, 5) is 34.0. The molecule has 108 heavy (non-hydrogen) atoms. The average molecular weight is 1720 g/mol. The third kappa shape index (κ3) is 59.6. The summed E-state index contributed by atoms with van der Waals surface area (Å²) in [6, 6.07) is 53.7. The third-order valence-electron chi connectivity index (χ3n) is 11.6. The van der Waals surface area contributed by atoms with Crippen molar-refractivity contribution in [2.75, 3.05) is 26.2 Å². The smallest absolute Gasteiger partial charge is 2.00 e. The Bertz CT molecular complexity index is 3590. The molecule has 0 saturated carbocycles. The van der Waals surface area contributed by atoms with Crippen molar-refractivity contribution in [2.45, 2.75) is 51.9 Å². The zero-order valence-electron chi connectivity index (χ0n) is 56.9. The molecule has 22 nitrogen and oxygen atoms in total. The molecular weight excluding hydrogens is 1650 g/mol. The molecule has 4 N–H and O–H groups in total. The molecule has 0 unspecified atom stereocenters. The largest absolute Gasteiger partial charge is 4.00 e. The van der Waals surface area contributed by atoms with Gasteiger partial charge in [0.2, 0.25) is 0 Å². The monoisotopic (exact) mass is 1710 g/mol. The van der Waals surface area contributed by atoms with Gasteiger partial charge in [0.05, 0.1) is 50.3 Å². The molecule has 0 amide bonds. The molecule has 588 valence electrons. The van der Waals surface area contributed by atoms with E-state index in [1.54, 1.807) is 195 Å². The summed E-state index contributed by atoms with van der Waals surface area (Å²) in [7, 11) is -21.3. The van der Waals surface area contributed by atoms with Gasteiger partial charge in [-0.2, -0.15) is 0 Å². The molecule has 0 aliphatic rings. The number of nitrogens with zero attached hydrogens (tertiary/aromatic N) is 8. The van der Waals surface area contributed by atoms with E-state index in [9.17, 15) is 91.2 Å². The molecule has 0 aliphatic heterocycles. The minimum Gasteiger partial charge on any atom is -2.00 e. The first kappa shape index (κ1) is 115. The van der Waals surface area contributed by atoms with Crippen molar-refractivity contribution in [3.05, 3.63) is 239 Å². The number of hydrogen-bond acceptors (Lipinski definition) is 16. The Morgan fingerprint density at radius 1 is 0.250 bits per heavy atom. The first-order valence-electron chi connectivity index (χ1n) is 28.9. The van der Waals surface area contributed by atoms with Crippen molar-refractivity contribution in [3.63, 3.8) is 0 Å². The fourth-order valence-electron chi connectivity index (χ4n) is 6.93. The van der Waals surface area contributed by atoms with E-state index in [2.05, 4.69) is 39.9 Å². The molecule has 0 aromatic heterocycles. The Morgan fingerprint density at radius 2 is 0.352 bits per heavy atom. The van der Waals surface area contributed by atoms with E-state index in [0.29, 0.717) is 70.7 Å². The molecule has 40 heteroatoms. The van der Waals surface area contributed by atoms with Gasteiger partial charge in [0.15, 0.2) is 0 Å². The number of hydrogen-bond donors (Lipinski definition) is 0. The molecule has 0 spiro atoms. The minimum atomic E-state index is -10.7. The van der Waals surface area contributed by atoms with Crippen LogP contribution in [-0.2, 0) is 96.1 Å². The molecule has 0 saturated heterocycles. The van der Waals surface area contributed by atoms with Gasteiger partial charge in [0.1, 0.15) is 0 Å². The number of benzene rings is 8. The van der Waals surface area contributed by atoms with Crippen LogP contribution in [0, 0.1) is 0 Å². The van der Waals surface area contributed by atoms with Crippen LogP contribution in [0.4, 0.5) is 50.4 Å². The van der Waals surface area contributed by atoms with Crippen LogP contribution in [0.2, 0.25) is 0 Å². The van der Waals surface area contributed by atoms with Crippen LogP contribution >= 0.6 is 15.6 Å². The second-order valence-corrected chi connectivity index (χ2v) is 24.5. The van der Waals surface area contributed by atoms with Gasteiger partial charge in [0, 0.05) is 86.8 Å². The van der Waals surface area contributed by atoms with Gasteiger partial charge in [-0.1, -0.05) is 194 Å². The predicted molar refractivity (Wildman–Crippen MR) is 362 cm³/mol. The van der Waals surface area contributed by atoms with Crippen LogP contribution in [0.3, 0.4) is 0 Å². The van der Waals surface area contributed by atoms with Crippen LogP contribution in [0.25, 0.3) is 0 Å². The molecule has 8 rings (SSSR count). The second-order valence-electron chi connectivity index (χ2n) is 20.7. The topological polar surface area (TPSA) is 460 Å². The van der Waals surface area contributed by atoms with Gasteiger partial charge in [-0.25, -0.2) is 0 Å². The summed E-state index contributed by atoms with van der Waals surface area (Å²) < 4.78 is 118. The predicted octanol–water partition coefficient (Wildman–Crippen LogP) is 11.7. The summed E-state index contributed by atoms with van der Waals surface area (Å²) in [5.41, 5.74) is 4.54. The van der Waals surface area contributed by atoms with E-state index < -0.39 is 15.6 Å². The molecule has 4 atom stereocenters. The van der Waals surface area contributed by atoms with Crippen LogP contribution in [0.5, 0.6) is 46.0 Å². The van der Waals surface area contributed by atoms with Crippen LogP contribution in [0.15, 0.2) is 234 Å². The summed E-state index contributed by atoms with van der Waals surface area (Å²) in [5, 5.41) is 92.0. The van der Waals surface area contributed by atoms with Crippen LogP contribution in [0.1, 0.15) is 72.2 Å². The van der Waals surface area contributed by atoms with Gasteiger partial charge in [-0.05, 0) is 72.2 Å². The normalized spacial score (nSPS) is 13.1. The summed E-state index contributed by atoms with van der Waals surface area (Å²) >= 11 is 0. The summed E-state index contributed by atoms with van der Waals surface area (Å²) in [5.74, 6) is -0.352. The van der Waals surface area contributed by atoms with E-state index in [4.69, 9.17) is 0 Å². The third-order valence-corrected chi connectivity index (χ3v) is 11.6. The van der Waals surface area contributed by atoms with Crippen molar-refractivity contribution in [1.29, 1.82) is 0 Å². The Hall–Kier alpha value is -8.36. The van der Waals surface area contributed by atoms with Crippen molar-refractivity contribution in [1.82, 2.24) is 0 Å². The zero-order chi connectivity index (χ0) is 73.1. The molecule has 0 bridgehead atoms. The quantitative estimate of drug-likeness (QED) is 0.0400. The Morgan fingerprint density at radius 3 is 0.463 bits per heavy atom. The Kier molecular flexibility index (Phi) is 56.3. The van der Waals surface area contributed by atoms with E-state index in [1.165, 1.54) is 48.5 Å². The van der Waals surface area contributed by atoms with Gasteiger partial charge in [0.25, 0.3) is 0 Å². The van der Waals surface area contributed by atoms with Crippen LogP contribution < -0.4 is 40.9 Å². The number of aliphatic imine (C=N–C) groups is 8. The number of para-hydroxylation sites is 8. The van der Waals surface area contributed by atoms with Crippen molar-refractivity contribution >= 4 is 65.3 Å². The zero-order valence-corrected chi connectivity index (χ0v) is 64.3. The Labute approximate surface area is 662 Å². The van der Waals surface area contributed by atoms with E-state index >= 15 is 0 Å². The van der Waals surface area contributed by atoms with E-state index in [0.717, 1.165) is 0 Å². The molecule has 0 fully saturated rings. The van der Waals surface area contributed by atoms with Gasteiger partial charge < -0.3 is 73.7 Å². The first-order chi connectivity index (χ1) is 45.6. The maximum atomic E-state index is 11.5. The van der Waals surface area contributed by atoms with E-state index in [-0.39, 0.29) is 177 Å². The minimum absolute atomic E-state index is 0. The second kappa shape index (κ2) is 52.7. The number of halogens is 12. The standard InChI is InChI=1S/4C17H18N2O2.2F6P.2H2O.4O.4V/c4*1-13(19-12-15-7-3-5-9-17(15)21)10-18-11-14-6-2-4-8-16(14)20;2*1-7(2,3,4,5)6;;;;;;;;;;/h4*2-9,11-13,20-21H,10H2,1H3;;;2*1H2;;;;;;;;/q;;;;2*-1;;;4*-2;;;2*+4/p-8/t4*13-;;;;;;;;;;;;/m1100............/s1. The van der Waals surface area contributed by atoms with Crippen LogP contribution in [-0.4, -0.2) is 111 Å². The summed E-state index contributed by atoms with van der Waals surface area (Å²) in [6.45, 7) is 9.48. The fraction of sp³-hybridized carbons (Fsp3) is 0.176. The van der Waals surface area contributed by atoms with Crippen molar-refractivity contribution in [3.8, 4) is 46.0 Å². The number of rotatable bonds is 20. The first-order valence-corrected chi connectivity index (χ1v) is 33.0. The van der Waals surface area contributed by atoms with Crippen molar-refractivity contribution < 1.29 is 198 Å². The van der Waals surface area contributed by atoms with E-state index in [1.807, 2.05) is 27.7 Å². The SMILES string of the molecule is C[C@@H](CN=Cc1ccccc1[O-])N=Cc1ccccc1[O-].C[C@@H](CN=Cc1ccccc1[O-])N=Cc1ccccc1[O-].C[C@H](CN=Cc1ccccc1[O-])N=Cc1ccccc1[O-].C[C@H](CN=Cc1ccccc1[O-])N=Cc1ccccc1[O-].F[P-](F)(F)(F)(F)F.F[P-](F)(F)(F)(F)F.O.O.[O-2].[O-2].[O-2].[O-2].[V+4].[V+4].[V].[V]. The maximum Gasteiger partial charge on any atom is 4.00 e. The average Bonchev–Trinajstić information content (AvgIpc) is 0.795. The molecule has 0 aliphatic carbocycles. The van der Waals surface area contributed by atoms with Crippen molar-refractivity contribution in [2.24, 2.45) is 39.9 Å². The van der Waals surface area contributed by atoms with Gasteiger partial charge in [-0.15, -0.1) is 46.0 Å². The van der Waals surface area contributed by atoms with Gasteiger partial charge >= 0.3 is 103 Å². The Balaban J connectivity index is -0.000000188. The molecule has 8 aromatic carbocycles. The molecule has 0 heterocycles. The summed E-state index contributed by atoms with van der Waals surface area (Å²) in [6.07, 6.45) is 12.6.